The van der Waals surface area contributed by atoms with Crippen LogP contribution in [0.1, 0.15) is 33.6 Å². The van der Waals surface area contributed by atoms with Gasteiger partial charge < -0.3 is 23.0 Å². The number of pyridine rings is 1. The summed E-state index contributed by atoms with van der Waals surface area (Å²) < 4.78 is 36.6. The summed E-state index contributed by atoms with van der Waals surface area (Å²) >= 11 is 0. The Morgan fingerprint density at radius 2 is 2.09 bits per heavy atom. The third-order valence-corrected chi connectivity index (χ3v) is 5.10. The number of hydrogen-bond acceptors (Lipinski definition) is 8. The highest BCUT2D eigenvalue weighted by Crippen LogP contribution is 2.25. The minimum Gasteiger partial charge on any atom is -0.486 e. The Balaban J connectivity index is 1.60. The molecule has 3 heterocycles. The van der Waals surface area contributed by atoms with Crippen molar-refractivity contribution < 1.29 is 27.6 Å². The molecule has 0 aliphatic rings. The van der Waals surface area contributed by atoms with E-state index in [0.29, 0.717) is 30.2 Å². The summed E-state index contributed by atoms with van der Waals surface area (Å²) in [6, 6.07) is 11.6. The molecule has 9 nitrogen and oxygen atoms in total. The number of nitriles is 1. The van der Waals surface area contributed by atoms with Gasteiger partial charge in [-0.3, -0.25) is 9.59 Å². The fourth-order valence-corrected chi connectivity index (χ4v) is 3.41. The van der Waals surface area contributed by atoms with Crippen LogP contribution in [-0.4, -0.2) is 29.2 Å². The molecule has 35 heavy (non-hydrogen) atoms. The molecule has 0 unspecified atom stereocenters. The summed E-state index contributed by atoms with van der Waals surface area (Å²) in [5, 5.41) is 13.3. The molecule has 0 N–H and O–H groups in total. The van der Waals surface area contributed by atoms with Crippen molar-refractivity contribution in [3.63, 3.8) is 0 Å². The highest BCUT2D eigenvalue weighted by Gasteiger charge is 2.20. The van der Waals surface area contributed by atoms with Crippen LogP contribution in [-0.2, 0) is 17.9 Å². The molecule has 4 aromatic rings. The maximum Gasteiger partial charge on any atom is 0.268 e. The van der Waals surface area contributed by atoms with Crippen molar-refractivity contribution >= 4 is 5.78 Å². The average molecular weight is 477 g/mol. The zero-order chi connectivity index (χ0) is 24.8. The van der Waals surface area contributed by atoms with Crippen molar-refractivity contribution in [3.8, 4) is 23.3 Å². The number of furan rings is 1. The average Bonchev–Trinajstić information content (AvgIpc) is 3.56. The van der Waals surface area contributed by atoms with Crippen molar-refractivity contribution in [2.45, 2.75) is 19.6 Å². The van der Waals surface area contributed by atoms with Gasteiger partial charge >= 0.3 is 0 Å². The quantitative estimate of drug-likeness (QED) is 0.249. The van der Waals surface area contributed by atoms with Gasteiger partial charge in [-0.1, -0.05) is 5.16 Å². The number of carbonyl (C=O) groups is 1. The number of benzene rings is 1. The molecule has 0 fully saturated rings. The molecule has 4 rings (SSSR count). The predicted octanol–water partition coefficient (Wildman–Crippen LogP) is 3.95. The third-order valence-electron chi connectivity index (χ3n) is 5.10. The highest BCUT2D eigenvalue weighted by atomic mass is 19.1. The summed E-state index contributed by atoms with van der Waals surface area (Å²) in [6.45, 7) is 0.591. The van der Waals surface area contributed by atoms with E-state index in [1.807, 2.05) is 6.07 Å². The minimum atomic E-state index is -0.642. The second-order valence-corrected chi connectivity index (χ2v) is 7.52. The molecule has 0 saturated carbocycles. The minimum absolute atomic E-state index is 0.0514. The van der Waals surface area contributed by atoms with Gasteiger partial charge in [-0.05, 0) is 42.8 Å². The molecule has 0 aliphatic carbocycles. The second-order valence-electron chi connectivity index (χ2n) is 7.52. The third kappa shape index (κ3) is 5.37. The molecule has 0 radical (unpaired) electrons. The molecule has 10 heteroatoms. The van der Waals surface area contributed by atoms with Crippen molar-refractivity contribution in [1.29, 1.82) is 5.26 Å². The van der Waals surface area contributed by atoms with Crippen LogP contribution >= 0.6 is 0 Å². The van der Waals surface area contributed by atoms with Gasteiger partial charge in [0.1, 0.15) is 35.5 Å². The number of nitrogens with zero attached hydrogens (tertiary/aromatic N) is 3. The van der Waals surface area contributed by atoms with E-state index in [1.165, 1.54) is 36.3 Å². The smallest absolute Gasteiger partial charge is 0.268 e. The number of carbonyl (C=O) groups excluding carboxylic acids is 1. The van der Waals surface area contributed by atoms with E-state index in [9.17, 15) is 19.2 Å². The molecule has 0 atom stereocenters. The fraction of sp³-hybridized carbons (Fsp3) is 0.200. The van der Waals surface area contributed by atoms with E-state index in [2.05, 4.69) is 5.16 Å². The van der Waals surface area contributed by atoms with Crippen LogP contribution in [0, 0.1) is 17.1 Å². The highest BCUT2D eigenvalue weighted by molar-refractivity contribution is 6.10. The first kappa shape index (κ1) is 23.7. The normalized spacial score (nSPS) is 10.8. The molecular weight excluding hydrogens is 457 g/mol. The first-order chi connectivity index (χ1) is 17.0. The number of aromatic nitrogens is 2. The van der Waals surface area contributed by atoms with Gasteiger partial charge in [0, 0.05) is 38.1 Å². The van der Waals surface area contributed by atoms with Gasteiger partial charge in [0.05, 0.1) is 11.8 Å². The SMILES string of the molecule is COCCCn1cc(C(=O)c2cc(F)ccc2OCc2cc(-c3ccco3)on2)cc(C#N)c1=O. The van der Waals surface area contributed by atoms with Crippen molar-refractivity contribution in [2.24, 2.45) is 0 Å². The molecule has 0 aliphatic heterocycles. The Labute approximate surface area is 198 Å². The number of hydrogen-bond donors (Lipinski definition) is 0. The lowest BCUT2D eigenvalue weighted by Gasteiger charge is -2.12. The topological polar surface area (TPSA) is 120 Å². The van der Waals surface area contributed by atoms with E-state index in [4.69, 9.17) is 18.4 Å². The number of methoxy groups -OCH3 is 1. The van der Waals surface area contributed by atoms with Gasteiger partial charge in [0.25, 0.3) is 5.56 Å². The van der Waals surface area contributed by atoms with Crippen LogP contribution < -0.4 is 10.3 Å². The number of ether oxygens (including phenoxy) is 2. The van der Waals surface area contributed by atoms with E-state index in [1.54, 1.807) is 18.2 Å². The molecule has 0 bridgehead atoms. The summed E-state index contributed by atoms with van der Waals surface area (Å²) in [7, 11) is 1.53. The molecule has 0 saturated heterocycles. The Hall–Kier alpha value is -4.49. The number of halogens is 1. The Morgan fingerprint density at radius 1 is 1.23 bits per heavy atom. The molecule has 3 aromatic heterocycles. The molecule has 0 amide bonds. The zero-order valence-electron chi connectivity index (χ0n) is 18.7. The van der Waals surface area contributed by atoms with Crippen LogP contribution in [0.15, 0.2) is 68.7 Å². The van der Waals surface area contributed by atoms with Gasteiger partial charge in [-0.25, -0.2) is 4.39 Å². The van der Waals surface area contributed by atoms with E-state index in [-0.39, 0.29) is 35.6 Å². The van der Waals surface area contributed by atoms with Crippen LogP contribution in [0.5, 0.6) is 5.75 Å². The van der Waals surface area contributed by atoms with E-state index < -0.39 is 17.2 Å². The lowest BCUT2D eigenvalue weighted by atomic mass is 10.0. The Bertz CT molecular complexity index is 1430. The first-order valence-corrected chi connectivity index (χ1v) is 10.6. The summed E-state index contributed by atoms with van der Waals surface area (Å²) in [5.41, 5.74) is -0.298. The van der Waals surface area contributed by atoms with Crippen LogP contribution in [0.3, 0.4) is 0 Å². The van der Waals surface area contributed by atoms with Crippen LogP contribution in [0.2, 0.25) is 0 Å². The fourth-order valence-electron chi connectivity index (χ4n) is 3.41. The van der Waals surface area contributed by atoms with Gasteiger partial charge in [0.2, 0.25) is 5.76 Å². The largest absolute Gasteiger partial charge is 0.486 e. The summed E-state index contributed by atoms with van der Waals surface area (Å²) in [5.74, 6) is -0.238. The number of ketones is 1. The van der Waals surface area contributed by atoms with Gasteiger partial charge in [0.15, 0.2) is 11.5 Å². The van der Waals surface area contributed by atoms with E-state index in [0.717, 1.165) is 12.1 Å². The molecular formula is C25H20FN3O6. The second kappa shape index (κ2) is 10.6. The van der Waals surface area contributed by atoms with E-state index >= 15 is 0 Å². The Kier molecular flexibility index (Phi) is 7.18. The summed E-state index contributed by atoms with van der Waals surface area (Å²) in [4.78, 5) is 25.8. The Morgan fingerprint density at radius 3 is 2.83 bits per heavy atom. The first-order valence-electron chi connectivity index (χ1n) is 10.6. The lowest BCUT2D eigenvalue weighted by Crippen LogP contribution is -2.24. The number of rotatable bonds is 10. The van der Waals surface area contributed by atoms with Gasteiger partial charge in [-0.2, -0.15) is 5.26 Å². The maximum absolute atomic E-state index is 14.1. The molecule has 0 spiro atoms. The monoisotopic (exact) mass is 477 g/mol. The standard InChI is InChI=1S/C25H20FN3O6/c1-32-8-3-7-29-14-17(10-16(13-27)25(29)31)24(30)20-11-18(26)5-6-21(20)34-15-19-12-23(35-28-19)22-4-2-9-33-22/h2,4-6,9-12,14H,3,7-8,15H2,1H3. The van der Waals surface area contributed by atoms with Gasteiger partial charge in [-0.15, -0.1) is 0 Å². The van der Waals surface area contributed by atoms with Crippen LogP contribution in [0.4, 0.5) is 4.39 Å². The van der Waals surface area contributed by atoms with Crippen molar-refractivity contribution in [3.05, 3.63) is 93.5 Å². The molecule has 1 aromatic carbocycles. The lowest BCUT2D eigenvalue weighted by molar-refractivity contribution is 0.103. The summed E-state index contributed by atoms with van der Waals surface area (Å²) in [6.07, 6.45) is 3.36. The van der Waals surface area contributed by atoms with Crippen molar-refractivity contribution in [1.82, 2.24) is 9.72 Å². The maximum atomic E-state index is 14.1. The van der Waals surface area contributed by atoms with Crippen LogP contribution in [0.25, 0.3) is 11.5 Å². The number of aryl methyl sites for hydroxylation is 1. The predicted molar refractivity (Wildman–Crippen MR) is 120 cm³/mol. The molecule has 178 valence electrons. The van der Waals surface area contributed by atoms with Crippen molar-refractivity contribution in [2.75, 3.05) is 13.7 Å². The zero-order valence-corrected chi connectivity index (χ0v) is 18.7.